The third-order valence-electron chi connectivity index (χ3n) is 1.69. The number of hydrogen-bond acceptors (Lipinski definition) is 1. The molecule has 0 heterocycles. The predicted octanol–water partition coefficient (Wildman–Crippen LogP) is 1.11. The average Bonchev–Trinajstić information content (AvgIpc) is 1.60. The number of halogens is 1. The zero-order chi connectivity index (χ0) is 6.20. The second kappa shape index (κ2) is 3.40. The van der Waals surface area contributed by atoms with Gasteiger partial charge in [0.15, 0.2) is 0 Å². The van der Waals surface area contributed by atoms with Gasteiger partial charge in [-0.1, -0.05) is 0 Å². The molecule has 0 amide bonds. The smallest absolute Gasteiger partial charge is 0.109 e. The van der Waals surface area contributed by atoms with Gasteiger partial charge >= 0.3 is 0 Å². The van der Waals surface area contributed by atoms with E-state index in [1.54, 1.807) is 6.92 Å². The molecule has 3 heteroatoms. The Labute approximate surface area is 79.9 Å². The van der Waals surface area contributed by atoms with Crippen LogP contribution in [0.5, 0.6) is 0 Å². The molecule has 1 aliphatic rings. The van der Waals surface area contributed by atoms with Crippen LogP contribution in [0.3, 0.4) is 0 Å². The summed E-state index contributed by atoms with van der Waals surface area (Å²) in [5, 5.41) is 8.45. The molecule has 1 rings (SSSR count). The van der Waals surface area contributed by atoms with Crippen LogP contribution < -0.4 is 0 Å². The summed E-state index contributed by atoms with van der Waals surface area (Å²) in [6.45, 7) is 1.73. The van der Waals surface area contributed by atoms with Crippen LogP contribution in [0.2, 0.25) is 0 Å². The maximum atomic E-state index is 12.5. The summed E-state index contributed by atoms with van der Waals surface area (Å²) in [6, 6.07) is 0. The van der Waals surface area contributed by atoms with Gasteiger partial charge < -0.3 is 5.11 Å². The molecule has 1 radical (unpaired) electrons. The fourth-order valence-electron chi connectivity index (χ4n) is 1.27. The second-order valence-corrected chi connectivity index (χ2v) is 2.87. The van der Waals surface area contributed by atoms with Crippen LogP contribution in [-0.4, -0.2) is 17.4 Å². The van der Waals surface area contributed by atoms with Crippen LogP contribution >= 0.6 is 0 Å². The molecule has 0 aromatic rings. The van der Waals surface area contributed by atoms with Crippen molar-refractivity contribution in [2.24, 2.45) is 5.92 Å². The minimum absolute atomic E-state index is 0. The minimum atomic E-state index is -0.965. The Balaban J connectivity index is 0.000000640. The van der Waals surface area contributed by atoms with Crippen molar-refractivity contribution in [2.75, 3.05) is 6.61 Å². The van der Waals surface area contributed by atoms with Crippen LogP contribution in [0.4, 0.5) is 4.39 Å². The molecule has 1 nitrogen and oxygen atoms in total. The standard InChI is InChI=1S/C6H11FO.Y/c1-6(7)2-5(3-6)4-8;/h5,8H,2-4H2,1H3;. The molecule has 1 saturated carbocycles. The van der Waals surface area contributed by atoms with E-state index in [2.05, 4.69) is 0 Å². The van der Waals surface area contributed by atoms with E-state index in [4.69, 9.17) is 5.11 Å². The van der Waals surface area contributed by atoms with E-state index in [9.17, 15) is 4.39 Å². The molecule has 0 aromatic heterocycles. The Morgan fingerprint density at radius 1 is 1.67 bits per heavy atom. The van der Waals surface area contributed by atoms with Crippen molar-refractivity contribution in [3.05, 3.63) is 0 Å². The molecule has 0 spiro atoms. The summed E-state index contributed by atoms with van der Waals surface area (Å²) >= 11 is 0. The van der Waals surface area contributed by atoms with Crippen LogP contribution in [0.25, 0.3) is 0 Å². The van der Waals surface area contributed by atoms with E-state index in [-0.39, 0.29) is 45.2 Å². The Morgan fingerprint density at radius 2 is 2.11 bits per heavy atom. The van der Waals surface area contributed by atoms with Crippen molar-refractivity contribution in [3.63, 3.8) is 0 Å². The third-order valence-corrected chi connectivity index (χ3v) is 1.69. The van der Waals surface area contributed by atoms with Crippen LogP contribution in [0.15, 0.2) is 0 Å². The molecule has 0 aliphatic heterocycles. The number of hydrogen-bond donors (Lipinski definition) is 1. The van der Waals surface area contributed by atoms with Crippen LogP contribution in [0.1, 0.15) is 19.8 Å². The predicted molar refractivity (Wildman–Crippen MR) is 29.3 cm³/mol. The Morgan fingerprint density at radius 3 is 2.22 bits per heavy atom. The molecule has 1 fully saturated rings. The zero-order valence-electron chi connectivity index (χ0n) is 5.60. The SMILES string of the molecule is CC1(F)CC(CO)C1.[Y]. The van der Waals surface area contributed by atoms with Crippen molar-refractivity contribution in [1.29, 1.82) is 0 Å². The third kappa shape index (κ3) is 2.61. The molecule has 9 heavy (non-hydrogen) atoms. The Bertz CT molecular complexity index is 87.1. The van der Waals surface area contributed by atoms with Gasteiger partial charge in [0.05, 0.1) is 0 Å². The quantitative estimate of drug-likeness (QED) is 0.682. The number of aliphatic hydroxyl groups excluding tert-OH is 1. The van der Waals surface area contributed by atoms with Gasteiger partial charge in [-0.2, -0.15) is 0 Å². The first-order chi connectivity index (χ1) is 3.64. The first-order valence-electron chi connectivity index (χ1n) is 2.94. The normalized spacial score (nSPS) is 41.0. The van der Waals surface area contributed by atoms with Crippen molar-refractivity contribution in [3.8, 4) is 0 Å². The molecular formula is C6H11FOY. The molecule has 0 saturated heterocycles. The molecule has 0 unspecified atom stereocenters. The molecule has 51 valence electrons. The van der Waals surface area contributed by atoms with Crippen molar-refractivity contribution < 1.29 is 42.2 Å². The van der Waals surface area contributed by atoms with Gasteiger partial charge in [0.25, 0.3) is 0 Å². The molecule has 1 aliphatic carbocycles. The maximum absolute atomic E-state index is 12.5. The first-order valence-corrected chi connectivity index (χ1v) is 2.94. The second-order valence-electron chi connectivity index (χ2n) is 2.87. The topological polar surface area (TPSA) is 20.2 Å². The zero-order valence-corrected chi connectivity index (χ0v) is 8.44. The summed E-state index contributed by atoms with van der Waals surface area (Å²) in [4.78, 5) is 0. The fourth-order valence-corrected chi connectivity index (χ4v) is 1.27. The van der Waals surface area contributed by atoms with Crippen LogP contribution in [-0.2, 0) is 32.7 Å². The van der Waals surface area contributed by atoms with Gasteiger partial charge in [0.2, 0.25) is 0 Å². The molecule has 0 atom stereocenters. The van der Waals surface area contributed by atoms with Gasteiger partial charge in [0.1, 0.15) is 5.67 Å². The van der Waals surface area contributed by atoms with E-state index in [0.717, 1.165) is 0 Å². The first kappa shape index (κ1) is 9.99. The molecular weight excluding hydrogens is 196 g/mol. The largest absolute Gasteiger partial charge is 0.396 e. The van der Waals surface area contributed by atoms with Crippen molar-refractivity contribution in [1.82, 2.24) is 0 Å². The number of alkyl halides is 1. The molecule has 0 aromatic carbocycles. The van der Waals surface area contributed by atoms with E-state index >= 15 is 0 Å². The summed E-state index contributed by atoms with van der Waals surface area (Å²) in [5.41, 5.74) is -0.965. The number of aliphatic hydroxyl groups is 1. The van der Waals surface area contributed by atoms with E-state index in [1.165, 1.54) is 0 Å². The molecule has 0 bridgehead atoms. The average molecular weight is 207 g/mol. The Hall–Kier alpha value is 0.994. The van der Waals surface area contributed by atoms with E-state index in [0.29, 0.717) is 12.8 Å². The maximum Gasteiger partial charge on any atom is 0.109 e. The summed E-state index contributed by atoms with van der Waals surface area (Å²) in [6.07, 6.45) is 1.09. The van der Waals surface area contributed by atoms with Crippen molar-refractivity contribution in [2.45, 2.75) is 25.4 Å². The van der Waals surface area contributed by atoms with Gasteiger partial charge in [-0.05, 0) is 25.7 Å². The van der Waals surface area contributed by atoms with Crippen molar-refractivity contribution >= 4 is 0 Å². The Kier molecular flexibility index (Phi) is 3.78. The van der Waals surface area contributed by atoms with Crippen LogP contribution in [0, 0.1) is 5.92 Å². The van der Waals surface area contributed by atoms with Gasteiger partial charge in [-0.25, -0.2) is 4.39 Å². The molecule has 1 N–H and O–H groups in total. The summed E-state index contributed by atoms with van der Waals surface area (Å²) < 4.78 is 12.5. The summed E-state index contributed by atoms with van der Waals surface area (Å²) in [7, 11) is 0. The van der Waals surface area contributed by atoms with Gasteiger partial charge in [0, 0.05) is 39.3 Å². The van der Waals surface area contributed by atoms with E-state index < -0.39 is 5.67 Å². The van der Waals surface area contributed by atoms with Gasteiger partial charge in [-0.3, -0.25) is 0 Å². The fraction of sp³-hybridized carbons (Fsp3) is 1.00. The van der Waals surface area contributed by atoms with Gasteiger partial charge in [-0.15, -0.1) is 0 Å². The van der Waals surface area contributed by atoms with E-state index in [1.807, 2.05) is 0 Å². The minimum Gasteiger partial charge on any atom is -0.396 e. The monoisotopic (exact) mass is 207 g/mol. The summed E-state index contributed by atoms with van der Waals surface area (Å²) in [5.74, 6) is 0.241. The number of rotatable bonds is 1.